The van der Waals surface area contributed by atoms with Crippen LogP contribution in [0.15, 0.2) is 0 Å². The molecule has 1 rings (SSSR count). The minimum Gasteiger partial charge on any atom is -0.469 e. The zero-order valence-corrected chi connectivity index (χ0v) is 6.54. The molecule has 11 heavy (non-hydrogen) atoms. The molecule has 2 N–H and O–H groups in total. The van der Waals surface area contributed by atoms with Crippen molar-refractivity contribution >= 4 is 5.97 Å². The highest BCUT2D eigenvalue weighted by Crippen LogP contribution is 2.16. The third kappa shape index (κ3) is 1.70. The van der Waals surface area contributed by atoms with Gasteiger partial charge in [-0.25, -0.2) is 0 Å². The molecular formula is C7H13NO3. The van der Waals surface area contributed by atoms with Crippen molar-refractivity contribution in [3.63, 3.8) is 0 Å². The lowest BCUT2D eigenvalue weighted by molar-refractivity contribution is -0.149. The zero-order valence-electron chi connectivity index (χ0n) is 6.54. The van der Waals surface area contributed by atoms with Gasteiger partial charge in [-0.2, -0.15) is 0 Å². The molecule has 1 unspecified atom stereocenters. The van der Waals surface area contributed by atoms with E-state index in [9.17, 15) is 4.79 Å². The van der Waals surface area contributed by atoms with Gasteiger partial charge in [-0.3, -0.25) is 4.79 Å². The second kappa shape index (κ2) is 3.69. The van der Waals surface area contributed by atoms with Gasteiger partial charge >= 0.3 is 5.97 Å². The molecular weight excluding hydrogens is 146 g/mol. The Morgan fingerprint density at radius 3 is 2.73 bits per heavy atom. The molecule has 0 aromatic carbocycles. The molecule has 1 atom stereocenters. The van der Waals surface area contributed by atoms with Crippen molar-refractivity contribution in [1.82, 2.24) is 5.32 Å². The van der Waals surface area contributed by atoms with Crippen molar-refractivity contribution in [1.29, 1.82) is 0 Å². The van der Waals surface area contributed by atoms with E-state index in [1.807, 2.05) is 0 Å². The molecule has 0 aromatic heterocycles. The number of ether oxygens (including phenoxy) is 1. The van der Waals surface area contributed by atoms with E-state index in [-0.39, 0.29) is 24.4 Å². The van der Waals surface area contributed by atoms with Crippen LogP contribution >= 0.6 is 0 Å². The Labute approximate surface area is 65.5 Å². The zero-order chi connectivity index (χ0) is 8.27. The van der Waals surface area contributed by atoms with Gasteiger partial charge in [-0.1, -0.05) is 0 Å². The van der Waals surface area contributed by atoms with Crippen LogP contribution in [0.4, 0.5) is 0 Å². The van der Waals surface area contributed by atoms with Crippen LogP contribution in [-0.4, -0.2) is 37.9 Å². The first-order valence-electron chi connectivity index (χ1n) is 3.69. The Kier molecular flexibility index (Phi) is 2.84. The number of nitrogens with one attached hydrogen (secondary N) is 1. The van der Waals surface area contributed by atoms with Crippen molar-refractivity contribution in [2.45, 2.75) is 0 Å². The summed E-state index contributed by atoms with van der Waals surface area (Å²) in [5.41, 5.74) is 0. The van der Waals surface area contributed by atoms with Crippen LogP contribution in [0.1, 0.15) is 0 Å². The lowest BCUT2D eigenvalue weighted by atomic mass is 9.88. The summed E-state index contributed by atoms with van der Waals surface area (Å²) in [6.07, 6.45) is 0. The predicted octanol–water partition coefficient (Wildman–Crippen LogP) is -1.01. The van der Waals surface area contributed by atoms with E-state index in [2.05, 4.69) is 10.1 Å². The van der Waals surface area contributed by atoms with Gasteiger partial charge in [0.25, 0.3) is 0 Å². The number of carbonyl (C=O) groups excluding carboxylic acids is 1. The summed E-state index contributed by atoms with van der Waals surface area (Å²) in [5.74, 6) is -0.382. The third-order valence-corrected chi connectivity index (χ3v) is 2.08. The normalized spacial score (nSPS) is 20.5. The van der Waals surface area contributed by atoms with Crippen LogP contribution in [0.25, 0.3) is 0 Å². The Bertz CT molecular complexity index is 145. The maximum absolute atomic E-state index is 11.0. The summed E-state index contributed by atoms with van der Waals surface area (Å²) in [6.45, 7) is 1.50. The molecule has 0 aromatic rings. The smallest absolute Gasteiger partial charge is 0.311 e. The lowest BCUT2D eigenvalue weighted by Crippen LogP contribution is -2.49. The van der Waals surface area contributed by atoms with Crippen LogP contribution in [-0.2, 0) is 9.53 Å². The highest BCUT2D eigenvalue weighted by atomic mass is 16.5. The van der Waals surface area contributed by atoms with Crippen LogP contribution in [0.3, 0.4) is 0 Å². The molecule has 0 bridgehead atoms. The fourth-order valence-electron chi connectivity index (χ4n) is 1.16. The van der Waals surface area contributed by atoms with E-state index in [1.54, 1.807) is 0 Å². The van der Waals surface area contributed by atoms with Crippen molar-refractivity contribution in [2.24, 2.45) is 11.8 Å². The van der Waals surface area contributed by atoms with Gasteiger partial charge in [0.15, 0.2) is 0 Å². The lowest BCUT2D eigenvalue weighted by Gasteiger charge is -2.31. The number of methoxy groups -OCH3 is 1. The number of hydrogen-bond acceptors (Lipinski definition) is 4. The molecule has 1 aliphatic rings. The number of carbonyl (C=O) groups is 1. The Balaban J connectivity index is 2.40. The standard InChI is InChI=1S/C7H13NO3/c1-11-7(10)6(4-9)5-2-8-3-5/h5-6,8-9H,2-4H2,1H3. The van der Waals surface area contributed by atoms with Gasteiger partial charge in [-0.05, 0) is 5.92 Å². The van der Waals surface area contributed by atoms with Crippen LogP contribution in [0, 0.1) is 11.8 Å². The third-order valence-electron chi connectivity index (χ3n) is 2.08. The number of hydrogen-bond donors (Lipinski definition) is 2. The highest BCUT2D eigenvalue weighted by Gasteiger charge is 2.32. The van der Waals surface area contributed by atoms with Crippen LogP contribution in [0.5, 0.6) is 0 Å². The molecule has 0 amide bonds. The monoisotopic (exact) mass is 159 g/mol. The first-order valence-corrected chi connectivity index (χ1v) is 3.69. The molecule has 64 valence electrons. The van der Waals surface area contributed by atoms with Crippen molar-refractivity contribution in [3.05, 3.63) is 0 Å². The van der Waals surface area contributed by atoms with Gasteiger partial charge in [0.05, 0.1) is 19.6 Å². The summed E-state index contributed by atoms with van der Waals surface area (Å²) in [4.78, 5) is 11.0. The number of esters is 1. The Morgan fingerprint density at radius 1 is 1.82 bits per heavy atom. The molecule has 4 nitrogen and oxygen atoms in total. The SMILES string of the molecule is COC(=O)C(CO)C1CNC1. The molecule has 1 saturated heterocycles. The second-order valence-electron chi connectivity index (χ2n) is 2.73. The highest BCUT2D eigenvalue weighted by molar-refractivity contribution is 5.73. The molecule has 4 heteroatoms. The minimum atomic E-state index is -0.332. The minimum absolute atomic E-state index is 0.112. The molecule has 1 aliphatic heterocycles. The molecule has 0 aliphatic carbocycles. The average molecular weight is 159 g/mol. The topological polar surface area (TPSA) is 58.6 Å². The van der Waals surface area contributed by atoms with Crippen molar-refractivity contribution in [2.75, 3.05) is 26.8 Å². The molecule has 1 heterocycles. The van der Waals surface area contributed by atoms with Gasteiger partial charge in [-0.15, -0.1) is 0 Å². The molecule has 0 spiro atoms. The van der Waals surface area contributed by atoms with Gasteiger partial charge in [0, 0.05) is 13.1 Å². The first kappa shape index (κ1) is 8.49. The maximum atomic E-state index is 11.0. The maximum Gasteiger partial charge on any atom is 0.311 e. The molecule has 1 fully saturated rings. The van der Waals surface area contributed by atoms with Crippen molar-refractivity contribution in [3.8, 4) is 0 Å². The van der Waals surface area contributed by atoms with Gasteiger partial charge < -0.3 is 15.2 Å². The van der Waals surface area contributed by atoms with Gasteiger partial charge in [0.1, 0.15) is 0 Å². The van der Waals surface area contributed by atoms with Crippen molar-refractivity contribution < 1.29 is 14.6 Å². The summed E-state index contributed by atoms with van der Waals surface area (Å²) < 4.78 is 4.53. The largest absolute Gasteiger partial charge is 0.469 e. The van der Waals surface area contributed by atoms with E-state index < -0.39 is 0 Å². The molecule has 0 radical (unpaired) electrons. The number of aliphatic hydroxyl groups excluding tert-OH is 1. The summed E-state index contributed by atoms with van der Waals surface area (Å²) in [5, 5.41) is 11.9. The second-order valence-corrected chi connectivity index (χ2v) is 2.73. The number of aliphatic hydroxyl groups is 1. The summed E-state index contributed by atoms with van der Waals surface area (Å²) in [7, 11) is 1.34. The quantitative estimate of drug-likeness (QED) is 0.518. The Hall–Kier alpha value is -0.610. The Morgan fingerprint density at radius 2 is 2.45 bits per heavy atom. The predicted molar refractivity (Wildman–Crippen MR) is 39.0 cm³/mol. The average Bonchev–Trinajstić information content (AvgIpc) is 1.94. The van der Waals surface area contributed by atoms with E-state index in [0.29, 0.717) is 0 Å². The first-order chi connectivity index (χ1) is 5.29. The summed E-state index contributed by atoms with van der Waals surface area (Å²) in [6, 6.07) is 0. The molecule has 0 saturated carbocycles. The van der Waals surface area contributed by atoms with E-state index in [0.717, 1.165) is 13.1 Å². The van der Waals surface area contributed by atoms with Crippen LogP contribution in [0.2, 0.25) is 0 Å². The van der Waals surface area contributed by atoms with Crippen LogP contribution < -0.4 is 5.32 Å². The summed E-state index contributed by atoms with van der Waals surface area (Å²) >= 11 is 0. The van der Waals surface area contributed by atoms with E-state index in [4.69, 9.17) is 5.11 Å². The van der Waals surface area contributed by atoms with E-state index in [1.165, 1.54) is 7.11 Å². The fraction of sp³-hybridized carbons (Fsp3) is 0.857. The van der Waals surface area contributed by atoms with E-state index >= 15 is 0 Å². The fourth-order valence-corrected chi connectivity index (χ4v) is 1.16. The van der Waals surface area contributed by atoms with Gasteiger partial charge in [0.2, 0.25) is 0 Å². The number of rotatable bonds is 3.